The van der Waals surface area contributed by atoms with Crippen molar-refractivity contribution in [2.45, 2.75) is 57.3 Å². The van der Waals surface area contributed by atoms with Crippen LogP contribution in [-0.4, -0.2) is 70.6 Å². The molecule has 5 aromatic carbocycles. The molecule has 0 saturated heterocycles. The number of ketones is 2. The van der Waals surface area contributed by atoms with E-state index >= 15 is 0 Å². The normalized spacial score (nSPS) is 13.8. The first-order chi connectivity index (χ1) is 26.7. The molecule has 0 unspecified atom stereocenters. The molecule has 6 N–H and O–H groups in total. The number of carbonyl (C=O) groups is 6. The highest BCUT2D eigenvalue weighted by molar-refractivity contribution is 6.28. The Labute approximate surface area is 323 Å². The van der Waals surface area contributed by atoms with Crippen LogP contribution in [0.5, 0.6) is 5.75 Å². The highest BCUT2D eigenvalue weighted by Crippen LogP contribution is 2.30. The lowest BCUT2D eigenvalue weighted by Crippen LogP contribution is -2.55. The molecule has 0 aromatic heterocycles. The summed E-state index contributed by atoms with van der Waals surface area (Å²) in [5.74, 6) is -3.42. The summed E-state index contributed by atoms with van der Waals surface area (Å²) in [4.78, 5) is 79.5. The van der Waals surface area contributed by atoms with Crippen LogP contribution in [0, 0.1) is 0 Å². The van der Waals surface area contributed by atoms with Crippen LogP contribution in [0.3, 0.4) is 0 Å². The first-order valence-corrected chi connectivity index (χ1v) is 18.1. The van der Waals surface area contributed by atoms with Crippen molar-refractivity contribution >= 4 is 46.0 Å². The molecular weight excluding hydrogens is 713 g/mol. The van der Waals surface area contributed by atoms with E-state index in [0.29, 0.717) is 5.39 Å². The summed E-state index contributed by atoms with van der Waals surface area (Å²) in [6.07, 6.45) is -1.80. The first-order valence-electron chi connectivity index (χ1n) is 18.1. The highest BCUT2D eigenvalue weighted by atomic mass is 16.5. The van der Waals surface area contributed by atoms with Crippen molar-refractivity contribution in [1.29, 1.82) is 0 Å². The van der Waals surface area contributed by atoms with Crippen LogP contribution in [0.15, 0.2) is 109 Å². The summed E-state index contributed by atoms with van der Waals surface area (Å²) in [6.45, 7) is 5.24. The number of aliphatic hydroxyl groups is 1. The molecule has 6 rings (SSSR count). The minimum Gasteiger partial charge on any atom is -0.490 e. The van der Waals surface area contributed by atoms with Crippen LogP contribution in [0.4, 0.5) is 0 Å². The van der Waals surface area contributed by atoms with Gasteiger partial charge in [-0.1, -0.05) is 84.9 Å². The van der Waals surface area contributed by atoms with Crippen LogP contribution >= 0.6 is 0 Å². The van der Waals surface area contributed by atoms with E-state index in [9.17, 15) is 33.9 Å². The Balaban J connectivity index is 1.22. The molecule has 286 valence electrons. The summed E-state index contributed by atoms with van der Waals surface area (Å²) in [6, 6.07) is 27.8. The lowest BCUT2D eigenvalue weighted by Gasteiger charge is -2.27. The zero-order valence-corrected chi connectivity index (χ0v) is 31.1. The average molecular weight is 755 g/mol. The minimum atomic E-state index is -1.48. The molecule has 3 atom stereocenters. The van der Waals surface area contributed by atoms with Gasteiger partial charge in [0, 0.05) is 33.4 Å². The number of primary amides is 1. The number of benzene rings is 5. The van der Waals surface area contributed by atoms with Crippen LogP contribution in [0.25, 0.3) is 10.8 Å². The molecule has 1 aliphatic rings. The number of nitrogens with two attached hydrogens (primary N) is 1. The number of fused-ring (bicyclic) bond motifs is 3. The molecule has 1 aliphatic carbocycles. The lowest BCUT2D eigenvalue weighted by molar-refractivity contribution is -0.128. The second-order valence-electron chi connectivity index (χ2n) is 14.7. The van der Waals surface area contributed by atoms with Crippen molar-refractivity contribution in [2.75, 3.05) is 6.61 Å². The lowest BCUT2D eigenvalue weighted by atomic mass is 9.83. The number of carbonyl (C=O) groups excluding carboxylic acids is 6. The van der Waals surface area contributed by atoms with E-state index in [2.05, 4.69) is 16.0 Å². The standard InChI is InChI=1S/C44H42N4O8/c1-44(2,3)48-43(55)38-28-14-8-7-13-26(28)18-20-36(38)56-24-35(49)33(21-25-11-5-4-6-12-25)46-42(54)34(23-37(45)50)47-41(53)27-17-19-31-32(22-27)40(52)30-16-10-9-15-29(30)39(31)51/h4-20,22,33-35,49H,21,23-24H2,1-3H3,(H2,45,50)(H,46,54)(H,47,53)(H,48,55)/t33-,34-,35+/m0/s1. The fourth-order valence-corrected chi connectivity index (χ4v) is 6.63. The van der Waals surface area contributed by atoms with Crippen LogP contribution in [0.2, 0.25) is 0 Å². The van der Waals surface area contributed by atoms with Crippen molar-refractivity contribution in [2.24, 2.45) is 5.73 Å². The Morgan fingerprint density at radius 1 is 0.732 bits per heavy atom. The third-order valence-electron chi connectivity index (χ3n) is 9.32. The maximum Gasteiger partial charge on any atom is 0.256 e. The van der Waals surface area contributed by atoms with E-state index in [1.54, 1.807) is 42.5 Å². The quantitative estimate of drug-likeness (QED) is 0.115. The fraction of sp³-hybridized carbons (Fsp3) is 0.227. The van der Waals surface area contributed by atoms with Crippen LogP contribution in [-0.2, 0) is 16.0 Å². The van der Waals surface area contributed by atoms with E-state index in [0.717, 1.165) is 10.9 Å². The third kappa shape index (κ3) is 8.82. The van der Waals surface area contributed by atoms with E-state index < -0.39 is 53.7 Å². The van der Waals surface area contributed by atoms with Gasteiger partial charge in [-0.3, -0.25) is 28.8 Å². The molecule has 0 heterocycles. The van der Waals surface area contributed by atoms with Gasteiger partial charge in [-0.05, 0) is 67.8 Å². The SMILES string of the molecule is CC(C)(C)NC(=O)c1c(OC[C@@H](O)[C@H](Cc2ccccc2)NC(=O)[C@H](CC(N)=O)NC(=O)c2ccc3c(c2)C(=O)c2ccccc2C3=O)ccc2ccccc12. The summed E-state index contributed by atoms with van der Waals surface area (Å²) in [7, 11) is 0. The van der Waals surface area contributed by atoms with E-state index in [1.807, 2.05) is 63.2 Å². The second-order valence-corrected chi connectivity index (χ2v) is 14.7. The van der Waals surface area contributed by atoms with Gasteiger partial charge in [0.05, 0.1) is 18.0 Å². The van der Waals surface area contributed by atoms with Crippen molar-refractivity contribution in [3.63, 3.8) is 0 Å². The van der Waals surface area contributed by atoms with Gasteiger partial charge in [0.15, 0.2) is 11.6 Å². The van der Waals surface area contributed by atoms with Gasteiger partial charge in [0.25, 0.3) is 11.8 Å². The summed E-state index contributed by atoms with van der Waals surface area (Å²) >= 11 is 0. The molecule has 0 aliphatic heterocycles. The predicted molar refractivity (Wildman–Crippen MR) is 210 cm³/mol. The summed E-state index contributed by atoms with van der Waals surface area (Å²) in [5.41, 5.74) is 6.64. The van der Waals surface area contributed by atoms with Crippen LogP contribution < -0.4 is 26.4 Å². The molecule has 0 saturated carbocycles. The van der Waals surface area contributed by atoms with Gasteiger partial charge in [0.1, 0.15) is 24.5 Å². The average Bonchev–Trinajstić information content (AvgIpc) is 3.17. The Morgan fingerprint density at radius 2 is 1.36 bits per heavy atom. The van der Waals surface area contributed by atoms with Crippen molar-refractivity contribution in [3.05, 3.63) is 148 Å². The number of hydrogen-bond donors (Lipinski definition) is 5. The fourth-order valence-electron chi connectivity index (χ4n) is 6.63. The van der Waals surface area contributed by atoms with E-state index in [1.165, 1.54) is 24.3 Å². The molecule has 12 heteroatoms. The number of rotatable bonds is 13. The predicted octanol–water partition coefficient (Wildman–Crippen LogP) is 4.28. The van der Waals surface area contributed by atoms with Crippen molar-refractivity contribution in [1.82, 2.24) is 16.0 Å². The number of aliphatic hydroxyl groups excluding tert-OH is 1. The number of ether oxygens (including phenoxy) is 1. The van der Waals surface area contributed by atoms with Gasteiger partial charge in [-0.15, -0.1) is 0 Å². The van der Waals surface area contributed by atoms with Crippen molar-refractivity contribution < 1.29 is 38.6 Å². The largest absolute Gasteiger partial charge is 0.490 e. The monoisotopic (exact) mass is 754 g/mol. The summed E-state index contributed by atoms with van der Waals surface area (Å²) in [5, 5.41) is 21.3. The molecule has 0 fully saturated rings. The Kier molecular flexibility index (Phi) is 11.4. The Morgan fingerprint density at radius 3 is 2.04 bits per heavy atom. The zero-order chi connectivity index (χ0) is 40.1. The van der Waals surface area contributed by atoms with Crippen LogP contribution in [0.1, 0.15) is 85.3 Å². The highest BCUT2D eigenvalue weighted by Gasteiger charge is 2.32. The second kappa shape index (κ2) is 16.4. The van der Waals surface area contributed by atoms with Crippen molar-refractivity contribution in [3.8, 4) is 5.75 Å². The molecule has 5 aromatic rings. The van der Waals surface area contributed by atoms with E-state index in [-0.39, 0.29) is 63.8 Å². The topological polar surface area (TPSA) is 194 Å². The van der Waals surface area contributed by atoms with Gasteiger partial charge < -0.3 is 31.5 Å². The maximum atomic E-state index is 13.9. The molecule has 12 nitrogen and oxygen atoms in total. The van der Waals surface area contributed by atoms with Gasteiger partial charge in [-0.2, -0.15) is 0 Å². The number of amides is 4. The molecular formula is C44H42N4O8. The van der Waals surface area contributed by atoms with Gasteiger partial charge in [-0.25, -0.2) is 0 Å². The smallest absolute Gasteiger partial charge is 0.256 e. The molecule has 0 spiro atoms. The molecule has 4 amide bonds. The number of hydrogen-bond acceptors (Lipinski definition) is 8. The number of nitrogens with one attached hydrogen (secondary N) is 3. The van der Waals surface area contributed by atoms with Gasteiger partial charge >= 0.3 is 0 Å². The Bertz CT molecular complexity index is 2350. The summed E-state index contributed by atoms with van der Waals surface area (Å²) < 4.78 is 6.12. The molecule has 56 heavy (non-hydrogen) atoms. The maximum absolute atomic E-state index is 13.9. The van der Waals surface area contributed by atoms with E-state index in [4.69, 9.17) is 10.5 Å². The molecule has 0 bridgehead atoms. The minimum absolute atomic E-state index is 0.0255. The third-order valence-corrected chi connectivity index (χ3v) is 9.32. The zero-order valence-electron chi connectivity index (χ0n) is 31.1. The first kappa shape index (κ1) is 39.0. The Hall–Kier alpha value is -6.66. The molecule has 0 radical (unpaired) electrons. The van der Waals surface area contributed by atoms with Gasteiger partial charge in [0.2, 0.25) is 11.8 Å².